The Balaban J connectivity index is 2.06. The van der Waals surface area contributed by atoms with E-state index in [0.717, 1.165) is 0 Å². The second-order valence-electron chi connectivity index (χ2n) is 5.27. The summed E-state index contributed by atoms with van der Waals surface area (Å²) in [7, 11) is 0. The molecule has 0 saturated heterocycles. The lowest BCUT2D eigenvalue weighted by atomic mass is 9.85. The fourth-order valence-electron chi connectivity index (χ4n) is 2.37. The van der Waals surface area contributed by atoms with Crippen molar-refractivity contribution < 1.29 is 14.3 Å². The summed E-state index contributed by atoms with van der Waals surface area (Å²) in [5, 5.41) is 0. The third-order valence-electron chi connectivity index (χ3n) is 3.42. The Morgan fingerprint density at radius 2 is 1.89 bits per heavy atom. The van der Waals surface area contributed by atoms with Crippen LogP contribution in [0.2, 0.25) is 0 Å². The molecule has 1 rings (SSSR count). The molecule has 102 valence electrons. The molecule has 0 aromatic rings. The molecule has 1 saturated carbocycles. The Morgan fingerprint density at radius 1 is 1.22 bits per heavy atom. The second-order valence-corrected chi connectivity index (χ2v) is 5.27. The van der Waals surface area contributed by atoms with Crippen LogP contribution in [0.3, 0.4) is 0 Å². The topological polar surface area (TPSA) is 43.4 Å². The second kappa shape index (κ2) is 8.06. The summed E-state index contributed by atoms with van der Waals surface area (Å²) >= 11 is 0. The van der Waals surface area contributed by atoms with Crippen LogP contribution in [0, 0.1) is 5.92 Å². The fraction of sp³-hybridized carbons (Fsp3) is 0.733. The van der Waals surface area contributed by atoms with Crippen LogP contribution in [0.25, 0.3) is 0 Å². The number of Topliss-reactive ketones (excluding diaryl/α,β-unsaturated/α-hetero) is 1. The van der Waals surface area contributed by atoms with E-state index in [-0.39, 0.29) is 5.97 Å². The molecule has 18 heavy (non-hydrogen) atoms. The minimum Gasteiger partial charge on any atom is -0.462 e. The number of carbonyl (C=O) groups excluding carboxylic acids is 2. The van der Waals surface area contributed by atoms with Gasteiger partial charge in [0.25, 0.3) is 0 Å². The van der Waals surface area contributed by atoms with Crippen molar-refractivity contribution in [2.75, 3.05) is 6.61 Å². The molecule has 0 unspecified atom stereocenters. The van der Waals surface area contributed by atoms with Crippen LogP contribution in [-0.4, -0.2) is 18.4 Å². The van der Waals surface area contributed by atoms with Gasteiger partial charge in [0.2, 0.25) is 0 Å². The number of ether oxygens (including phenoxy) is 1. The molecule has 0 bridgehead atoms. The van der Waals surface area contributed by atoms with Gasteiger partial charge in [-0.25, -0.2) is 4.79 Å². The molecule has 0 aromatic carbocycles. The monoisotopic (exact) mass is 252 g/mol. The number of hydrogen-bond acceptors (Lipinski definition) is 3. The number of carbonyl (C=O) groups is 2. The van der Waals surface area contributed by atoms with Crippen LogP contribution < -0.4 is 0 Å². The highest BCUT2D eigenvalue weighted by molar-refractivity contribution is 5.86. The van der Waals surface area contributed by atoms with Crippen LogP contribution in [0.15, 0.2) is 12.2 Å². The normalized spacial score (nSPS) is 16.3. The van der Waals surface area contributed by atoms with E-state index in [2.05, 4.69) is 6.58 Å². The summed E-state index contributed by atoms with van der Waals surface area (Å²) < 4.78 is 4.95. The molecule has 0 N–H and O–H groups in total. The zero-order chi connectivity index (χ0) is 13.4. The van der Waals surface area contributed by atoms with E-state index in [1.807, 2.05) is 0 Å². The van der Waals surface area contributed by atoms with Gasteiger partial charge in [-0.2, -0.15) is 0 Å². The van der Waals surface area contributed by atoms with Crippen molar-refractivity contribution in [3.8, 4) is 0 Å². The maximum atomic E-state index is 11.7. The Morgan fingerprint density at radius 3 is 2.50 bits per heavy atom. The third-order valence-corrected chi connectivity index (χ3v) is 3.42. The average Bonchev–Trinajstić information content (AvgIpc) is 2.35. The Bertz CT molecular complexity index is 301. The van der Waals surface area contributed by atoms with E-state index in [0.29, 0.717) is 43.1 Å². The lowest BCUT2D eigenvalue weighted by molar-refractivity contribution is -0.139. The highest BCUT2D eigenvalue weighted by atomic mass is 16.5. The Labute approximate surface area is 110 Å². The van der Waals surface area contributed by atoms with Crippen molar-refractivity contribution in [3.05, 3.63) is 12.2 Å². The van der Waals surface area contributed by atoms with Crippen molar-refractivity contribution in [3.63, 3.8) is 0 Å². The first-order chi connectivity index (χ1) is 8.59. The summed E-state index contributed by atoms with van der Waals surface area (Å²) in [4.78, 5) is 22.8. The minimum atomic E-state index is -0.366. The van der Waals surface area contributed by atoms with Crippen molar-refractivity contribution in [2.45, 2.75) is 58.3 Å². The van der Waals surface area contributed by atoms with Gasteiger partial charge in [0.15, 0.2) is 0 Å². The molecule has 3 nitrogen and oxygen atoms in total. The van der Waals surface area contributed by atoms with Gasteiger partial charge in [-0.3, -0.25) is 4.79 Å². The van der Waals surface area contributed by atoms with Gasteiger partial charge < -0.3 is 4.74 Å². The van der Waals surface area contributed by atoms with Gasteiger partial charge in [0.1, 0.15) is 5.78 Å². The van der Waals surface area contributed by atoms with E-state index < -0.39 is 0 Å². The predicted molar refractivity (Wildman–Crippen MR) is 71.2 cm³/mol. The van der Waals surface area contributed by atoms with Gasteiger partial charge in [-0.1, -0.05) is 38.7 Å². The quantitative estimate of drug-likeness (QED) is 0.396. The molecule has 0 amide bonds. The predicted octanol–water partition coefficient (Wildman–Crippen LogP) is 3.43. The molecule has 0 aromatic heterocycles. The highest BCUT2D eigenvalue weighted by Crippen LogP contribution is 2.26. The maximum absolute atomic E-state index is 11.7. The molecule has 3 heteroatoms. The Hall–Kier alpha value is -1.12. The van der Waals surface area contributed by atoms with Gasteiger partial charge >= 0.3 is 5.97 Å². The minimum absolute atomic E-state index is 0.313. The highest BCUT2D eigenvalue weighted by Gasteiger charge is 2.16. The first-order valence-corrected chi connectivity index (χ1v) is 6.94. The van der Waals surface area contributed by atoms with Crippen molar-refractivity contribution >= 4 is 11.8 Å². The molecular formula is C15H24O3. The number of hydrogen-bond donors (Lipinski definition) is 0. The van der Waals surface area contributed by atoms with E-state index in [9.17, 15) is 9.59 Å². The lowest BCUT2D eigenvalue weighted by Crippen LogP contribution is -2.13. The smallest absolute Gasteiger partial charge is 0.333 e. The number of rotatable bonds is 7. The first-order valence-electron chi connectivity index (χ1n) is 6.94. The zero-order valence-corrected chi connectivity index (χ0v) is 11.4. The van der Waals surface area contributed by atoms with Crippen molar-refractivity contribution in [1.82, 2.24) is 0 Å². The molecule has 1 aliphatic rings. The summed E-state index contributed by atoms with van der Waals surface area (Å²) in [5.41, 5.74) is 0.406. The van der Waals surface area contributed by atoms with E-state index in [4.69, 9.17) is 4.74 Å². The van der Waals surface area contributed by atoms with Crippen LogP contribution >= 0.6 is 0 Å². The molecule has 1 aliphatic carbocycles. The lowest BCUT2D eigenvalue weighted by Gasteiger charge is -2.20. The maximum Gasteiger partial charge on any atom is 0.333 e. The zero-order valence-electron chi connectivity index (χ0n) is 11.4. The van der Waals surface area contributed by atoms with E-state index >= 15 is 0 Å². The molecule has 0 radical (unpaired) electrons. The molecular weight excluding hydrogens is 228 g/mol. The molecule has 0 atom stereocenters. The van der Waals surface area contributed by atoms with E-state index in [1.54, 1.807) is 6.92 Å². The summed E-state index contributed by atoms with van der Waals surface area (Å²) in [5.74, 6) is 0.548. The van der Waals surface area contributed by atoms with Crippen LogP contribution in [-0.2, 0) is 14.3 Å². The average molecular weight is 252 g/mol. The first kappa shape index (κ1) is 14.9. The fourth-order valence-corrected chi connectivity index (χ4v) is 2.37. The summed E-state index contributed by atoms with van der Waals surface area (Å²) in [6, 6.07) is 0. The van der Waals surface area contributed by atoms with Crippen LogP contribution in [0.1, 0.15) is 58.3 Å². The van der Waals surface area contributed by atoms with Gasteiger partial charge in [0.05, 0.1) is 6.61 Å². The number of esters is 1. The van der Waals surface area contributed by atoms with Gasteiger partial charge in [-0.15, -0.1) is 0 Å². The SMILES string of the molecule is C=C(C)C(=O)OCCCC(=O)CC1CCCCC1. The van der Waals surface area contributed by atoms with Crippen LogP contribution in [0.4, 0.5) is 0 Å². The van der Waals surface area contributed by atoms with Crippen molar-refractivity contribution in [2.24, 2.45) is 5.92 Å². The van der Waals surface area contributed by atoms with E-state index in [1.165, 1.54) is 32.1 Å². The van der Waals surface area contributed by atoms with Crippen LogP contribution in [0.5, 0.6) is 0 Å². The molecule has 1 fully saturated rings. The summed E-state index contributed by atoms with van der Waals surface area (Å²) in [6.07, 6.45) is 8.15. The summed E-state index contributed by atoms with van der Waals surface area (Å²) in [6.45, 7) is 5.45. The third kappa shape index (κ3) is 5.99. The molecule has 0 spiro atoms. The number of ketones is 1. The standard InChI is InChI=1S/C15H24O3/c1-12(2)15(17)18-10-6-9-14(16)11-13-7-4-3-5-8-13/h13H,1,3-11H2,2H3. The van der Waals surface area contributed by atoms with Crippen molar-refractivity contribution in [1.29, 1.82) is 0 Å². The largest absolute Gasteiger partial charge is 0.462 e. The molecule has 0 heterocycles. The van der Waals surface area contributed by atoms with Gasteiger partial charge in [0, 0.05) is 18.4 Å². The Kier molecular flexibility index (Phi) is 6.69. The van der Waals surface area contributed by atoms with Gasteiger partial charge in [-0.05, 0) is 19.3 Å². The molecule has 0 aliphatic heterocycles.